The Labute approximate surface area is 222 Å². The van der Waals surface area contributed by atoms with E-state index in [9.17, 15) is 19.1 Å². The zero-order valence-corrected chi connectivity index (χ0v) is 21.5. The van der Waals surface area contributed by atoms with E-state index in [1.54, 1.807) is 11.6 Å². The SMILES string of the molecule is Cn1cnc(C2CC3CC(O)(C(F)(F)C(=O)N4CC5(COC5)C4)CC3C2)c1C(=O)Nc1ccc(F)c(Cl)c1. The van der Waals surface area contributed by atoms with E-state index in [2.05, 4.69) is 10.3 Å². The molecular weight excluding hydrogens is 525 g/mol. The molecule has 2 saturated heterocycles. The number of imidazole rings is 1. The molecule has 3 heterocycles. The summed E-state index contributed by atoms with van der Waals surface area (Å²) in [4.78, 5) is 31.3. The lowest BCUT2D eigenvalue weighted by Crippen LogP contribution is -2.71. The van der Waals surface area contributed by atoms with Crippen LogP contribution in [-0.2, 0) is 16.6 Å². The van der Waals surface area contributed by atoms with Crippen LogP contribution in [-0.4, -0.2) is 69.2 Å². The lowest BCUT2D eigenvalue weighted by molar-refractivity contribution is -0.230. The van der Waals surface area contributed by atoms with Gasteiger partial charge >= 0.3 is 5.92 Å². The van der Waals surface area contributed by atoms with Crippen molar-refractivity contribution in [1.29, 1.82) is 0 Å². The van der Waals surface area contributed by atoms with Crippen LogP contribution in [0.15, 0.2) is 24.5 Å². The van der Waals surface area contributed by atoms with Gasteiger partial charge in [0.05, 0.1) is 35.7 Å². The fraction of sp³-hybridized carbons (Fsp3) is 0.577. The zero-order valence-electron chi connectivity index (χ0n) is 20.7. The number of nitrogens with one attached hydrogen (secondary N) is 1. The number of ether oxygens (including phenoxy) is 1. The molecule has 2 N–H and O–H groups in total. The van der Waals surface area contributed by atoms with Crippen LogP contribution in [0.25, 0.3) is 0 Å². The first-order valence-electron chi connectivity index (χ1n) is 12.7. The second-order valence-corrected chi connectivity index (χ2v) is 11.9. The highest BCUT2D eigenvalue weighted by Crippen LogP contribution is 2.58. The Kier molecular flexibility index (Phi) is 5.86. The Bertz CT molecular complexity index is 1290. The summed E-state index contributed by atoms with van der Waals surface area (Å²) in [5.41, 5.74) is -1.39. The van der Waals surface area contributed by atoms with E-state index in [0.717, 1.165) is 11.0 Å². The molecule has 2 saturated carbocycles. The molecule has 1 aromatic heterocycles. The number of aliphatic hydroxyl groups is 1. The van der Waals surface area contributed by atoms with Gasteiger partial charge in [0.2, 0.25) is 0 Å². The molecule has 38 heavy (non-hydrogen) atoms. The summed E-state index contributed by atoms with van der Waals surface area (Å²) in [7, 11) is 1.68. The molecule has 1 aromatic carbocycles. The fourth-order valence-electron chi connectivity index (χ4n) is 6.81. The second-order valence-electron chi connectivity index (χ2n) is 11.5. The largest absolute Gasteiger partial charge is 0.383 e. The maximum atomic E-state index is 15.3. The molecular formula is C26H28ClF3N4O4. The second kappa shape index (κ2) is 8.69. The Morgan fingerprint density at radius 1 is 1.21 bits per heavy atom. The van der Waals surface area contributed by atoms with E-state index in [1.807, 2.05) is 0 Å². The maximum absolute atomic E-state index is 15.3. The van der Waals surface area contributed by atoms with Crippen LogP contribution in [0.4, 0.5) is 18.9 Å². The van der Waals surface area contributed by atoms with Crippen molar-refractivity contribution in [3.05, 3.63) is 46.8 Å². The highest BCUT2D eigenvalue weighted by Gasteiger charge is 2.67. The Balaban J connectivity index is 1.13. The monoisotopic (exact) mass is 552 g/mol. The molecule has 12 heteroatoms. The molecule has 2 atom stereocenters. The summed E-state index contributed by atoms with van der Waals surface area (Å²) < 4.78 is 50.9. The number of benzene rings is 1. The summed E-state index contributed by atoms with van der Waals surface area (Å²) >= 11 is 5.82. The molecule has 2 unspecified atom stereocenters. The first kappa shape index (κ1) is 25.6. The van der Waals surface area contributed by atoms with E-state index in [1.165, 1.54) is 18.5 Å². The number of amides is 2. The summed E-state index contributed by atoms with van der Waals surface area (Å²) in [5.74, 6) is -6.83. The van der Waals surface area contributed by atoms with Gasteiger partial charge < -0.3 is 24.6 Å². The molecule has 6 rings (SSSR count). The number of anilines is 1. The van der Waals surface area contributed by atoms with Crippen molar-refractivity contribution in [2.45, 2.75) is 43.1 Å². The minimum Gasteiger partial charge on any atom is -0.383 e. The lowest BCUT2D eigenvalue weighted by atomic mass is 9.77. The summed E-state index contributed by atoms with van der Waals surface area (Å²) in [6.07, 6.45) is 2.10. The average Bonchev–Trinajstić information content (AvgIpc) is 3.45. The van der Waals surface area contributed by atoms with Gasteiger partial charge in [0.25, 0.3) is 11.8 Å². The van der Waals surface area contributed by atoms with E-state index < -0.39 is 29.2 Å². The van der Waals surface area contributed by atoms with Gasteiger partial charge in [-0.25, -0.2) is 9.37 Å². The minimum absolute atomic E-state index is 0.120. The van der Waals surface area contributed by atoms with Crippen LogP contribution >= 0.6 is 11.6 Å². The molecule has 4 aliphatic rings. The number of fused-ring (bicyclic) bond motifs is 1. The maximum Gasteiger partial charge on any atom is 0.352 e. The van der Waals surface area contributed by atoms with Gasteiger partial charge in [-0.15, -0.1) is 0 Å². The normalized spacial score (nSPS) is 29.6. The quantitative estimate of drug-likeness (QED) is 0.591. The standard InChI is InChI=1S/C26H28ClF3N4O4/c1-33-13-31-20(21(33)22(35)32-17-2-3-19(28)18(27)6-17)14-4-15-7-25(37,8-16(15)5-14)26(29,30)23(36)34-9-24(10-34)11-38-12-24/h2-3,6,13-16,37H,4-5,7-12H2,1H3,(H,32,35). The summed E-state index contributed by atoms with van der Waals surface area (Å²) in [6, 6.07) is 3.87. The number of halogens is 4. The van der Waals surface area contributed by atoms with Crippen LogP contribution < -0.4 is 5.32 Å². The van der Waals surface area contributed by atoms with Gasteiger partial charge in [0.1, 0.15) is 17.1 Å². The third-order valence-corrected chi connectivity index (χ3v) is 9.08. The van der Waals surface area contributed by atoms with Crippen molar-refractivity contribution in [2.75, 3.05) is 31.6 Å². The number of carbonyl (C=O) groups excluding carboxylic acids is 2. The van der Waals surface area contributed by atoms with Crippen LogP contribution in [0.1, 0.15) is 47.8 Å². The van der Waals surface area contributed by atoms with E-state index >= 15 is 8.78 Å². The van der Waals surface area contributed by atoms with Gasteiger partial charge in [0, 0.05) is 31.7 Å². The first-order valence-corrected chi connectivity index (χ1v) is 13.0. The van der Waals surface area contributed by atoms with E-state index in [4.69, 9.17) is 16.3 Å². The minimum atomic E-state index is -3.87. The number of alkyl halides is 2. The molecule has 2 amide bonds. The summed E-state index contributed by atoms with van der Waals surface area (Å²) in [5, 5.41) is 13.6. The number of carbonyl (C=O) groups is 2. The van der Waals surface area contributed by atoms with Gasteiger partial charge in [-0.3, -0.25) is 9.59 Å². The molecule has 0 radical (unpaired) electrons. The van der Waals surface area contributed by atoms with E-state index in [-0.39, 0.29) is 54.1 Å². The van der Waals surface area contributed by atoms with Gasteiger partial charge in [-0.1, -0.05) is 11.6 Å². The predicted molar refractivity (Wildman–Crippen MR) is 130 cm³/mol. The predicted octanol–water partition coefficient (Wildman–Crippen LogP) is 3.59. The zero-order chi connectivity index (χ0) is 27.0. The number of hydrogen-bond acceptors (Lipinski definition) is 5. The number of aryl methyl sites for hydroxylation is 1. The lowest BCUT2D eigenvalue weighted by Gasteiger charge is -2.55. The highest BCUT2D eigenvalue weighted by atomic mass is 35.5. The average molecular weight is 553 g/mol. The molecule has 0 bridgehead atoms. The number of likely N-dealkylation sites (tertiary alicyclic amines) is 1. The van der Waals surface area contributed by atoms with Crippen LogP contribution in [0, 0.1) is 23.1 Å². The van der Waals surface area contributed by atoms with Crippen LogP contribution in [0.2, 0.25) is 5.02 Å². The van der Waals surface area contributed by atoms with Crippen molar-refractivity contribution < 1.29 is 32.6 Å². The van der Waals surface area contributed by atoms with Crippen LogP contribution in [0.5, 0.6) is 0 Å². The Morgan fingerprint density at radius 3 is 2.45 bits per heavy atom. The van der Waals surface area contributed by atoms with Crippen molar-refractivity contribution in [1.82, 2.24) is 14.5 Å². The first-order chi connectivity index (χ1) is 17.9. The molecule has 2 aliphatic carbocycles. The third kappa shape index (κ3) is 3.93. The molecule has 2 aliphatic heterocycles. The van der Waals surface area contributed by atoms with Crippen molar-refractivity contribution in [3.8, 4) is 0 Å². The van der Waals surface area contributed by atoms with E-state index in [0.29, 0.717) is 43.1 Å². The number of rotatable bonds is 5. The Hall–Kier alpha value is -2.63. The molecule has 8 nitrogen and oxygen atoms in total. The molecule has 204 valence electrons. The molecule has 4 fully saturated rings. The van der Waals surface area contributed by atoms with Crippen LogP contribution in [0.3, 0.4) is 0 Å². The highest BCUT2D eigenvalue weighted by molar-refractivity contribution is 6.31. The topological polar surface area (TPSA) is 96.7 Å². The van der Waals surface area contributed by atoms with Crippen molar-refractivity contribution in [2.24, 2.45) is 24.3 Å². The molecule has 2 aromatic rings. The fourth-order valence-corrected chi connectivity index (χ4v) is 6.99. The Morgan fingerprint density at radius 2 is 1.87 bits per heavy atom. The van der Waals surface area contributed by atoms with Crippen molar-refractivity contribution >= 4 is 29.1 Å². The van der Waals surface area contributed by atoms with Gasteiger partial charge in [-0.05, 0) is 55.7 Å². The van der Waals surface area contributed by atoms with Gasteiger partial charge in [0.15, 0.2) is 0 Å². The number of aromatic nitrogens is 2. The van der Waals surface area contributed by atoms with Crippen molar-refractivity contribution in [3.63, 3.8) is 0 Å². The molecule has 1 spiro atoms. The number of hydrogen-bond donors (Lipinski definition) is 2. The smallest absolute Gasteiger partial charge is 0.352 e. The number of nitrogens with zero attached hydrogens (tertiary/aromatic N) is 3. The summed E-state index contributed by atoms with van der Waals surface area (Å²) in [6.45, 7) is 1.43. The van der Waals surface area contributed by atoms with Gasteiger partial charge in [-0.2, -0.15) is 8.78 Å². The third-order valence-electron chi connectivity index (χ3n) is 8.79.